The van der Waals surface area contributed by atoms with Gasteiger partial charge in [-0.15, -0.1) is 0 Å². The van der Waals surface area contributed by atoms with Crippen molar-refractivity contribution in [3.8, 4) is 0 Å². The van der Waals surface area contributed by atoms with E-state index in [0.29, 0.717) is 44.5 Å². The van der Waals surface area contributed by atoms with Crippen molar-refractivity contribution in [2.75, 3.05) is 19.6 Å². The molecule has 2 fully saturated rings. The summed E-state index contributed by atoms with van der Waals surface area (Å²) < 4.78 is 31.5. The third-order valence-electron chi connectivity index (χ3n) is 5.47. The number of piperidine rings is 1. The fourth-order valence-corrected chi connectivity index (χ4v) is 4.05. The van der Waals surface area contributed by atoms with Gasteiger partial charge in [0.2, 0.25) is 5.91 Å². The zero-order chi connectivity index (χ0) is 19.0. The monoisotopic (exact) mass is 375 g/mol. The Morgan fingerprint density at radius 3 is 2.52 bits per heavy atom. The Bertz CT molecular complexity index is 841. The van der Waals surface area contributed by atoms with Gasteiger partial charge in [-0.1, -0.05) is 5.16 Å². The molecule has 27 heavy (non-hydrogen) atoms. The van der Waals surface area contributed by atoms with Crippen molar-refractivity contribution in [3.05, 3.63) is 53.4 Å². The van der Waals surface area contributed by atoms with Gasteiger partial charge in [0.15, 0.2) is 5.69 Å². The molecule has 4 rings (SSSR count). The van der Waals surface area contributed by atoms with Gasteiger partial charge in [-0.25, -0.2) is 8.78 Å². The molecule has 2 aliphatic heterocycles. The topological polar surface area (TPSA) is 66.7 Å². The minimum Gasteiger partial charge on any atom is -0.364 e. The van der Waals surface area contributed by atoms with Crippen LogP contribution in [0, 0.1) is 17.0 Å². The maximum atomic E-state index is 13.4. The summed E-state index contributed by atoms with van der Waals surface area (Å²) in [6.45, 7) is 1.82. The molecule has 2 amide bonds. The molecule has 1 aromatic carbocycles. The molecule has 0 N–H and O–H groups in total. The highest BCUT2D eigenvalue weighted by molar-refractivity contribution is 5.92. The fourth-order valence-electron chi connectivity index (χ4n) is 4.05. The Balaban J connectivity index is 1.40. The van der Waals surface area contributed by atoms with Crippen LogP contribution in [0.15, 0.2) is 35.1 Å². The average molecular weight is 375 g/mol. The third kappa shape index (κ3) is 3.56. The molecule has 1 spiro atoms. The van der Waals surface area contributed by atoms with Gasteiger partial charge in [0.1, 0.15) is 17.9 Å². The molecule has 0 unspecified atom stereocenters. The predicted octanol–water partition coefficient (Wildman–Crippen LogP) is 2.61. The number of hydrogen-bond donors (Lipinski definition) is 0. The Kier molecular flexibility index (Phi) is 4.41. The van der Waals surface area contributed by atoms with Crippen molar-refractivity contribution >= 4 is 11.8 Å². The van der Waals surface area contributed by atoms with Gasteiger partial charge in [-0.3, -0.25) is 9.59 Å². The van der Waals surface area contributed by atoms with E-state index in [1.807, 2.05) is 0 Å². The van der Waals surface area contributed by atoms with Crippen LogP contribution in [0.25, 0.3) is 0 Å². The normalized spacial score (nSPS) is 19.1. The van der Waals surface area contributed by atoms with E-state index in [9.17, 15) is 18.4 Å². The number of nitrogens with zero attached hydrogens (tertiary/aromatic N) is 3. The molecule has 0 saturated carbocycles. The number of carbonyl (C=O) groups is 2. The molecule has 0 aliphatic carbocycles. The summed E-state index contributed by atoms with van der Waals surface area (Å²) in [6.07, 6.45) is 3.17. The molecular weight excluding hydrogens is 356 g/mol. The second-order valence-electron chi connectivity index (χ2n) is 7.38. The second-order valence-corrected chi connectivity index (χ2v) is 7.38. The molecule has 0 radical (unpaired) electrons. The first-order valence-corrected chi connectivity index (χ1v) is 8.87. The lowest BCUT2D eigenvalue weighted by Gasteiger charge is -2.38. The Labute approximate surface area is 154 Å². The van der Waals surface area contributed by atoms with Crippen molar-refractivity contribution in [2.45, 2.75) is 25.8 Å². The maximum Gasteiger partial charge on any atom is 0.276 e. The first-order valence-electron chi connectivity index (χ1n) is 8.87. The molecule has 2 saturated heterocycles. The number of aromatic nitrogens is 1. The van der Waals surface area contributed by atoms with E-state index in [0.717, 1.165) is 6.07 Å². The zero-order valence-electron chi connectivity index (χ0n) is 14.7. The summed E-state index contributed by atoms with van der Waals surface area (Å²) in [6, 6.07) is 4.85. The quantitative estimate of drug-likeness (QED) is 0.827. The number of rotatable bonds is 3. The molecule has 8 heteroatoms. The van der Waals surface area contributed by atoms with Gasteiger partial charge in [0.25, 0.3) is 5.91 Å². The van der Waals surface area contributed by atoms with E-state index in [1.165, 1.54) is 24.5 Å². The molecule has 0 bridgehead atoms. The van der Waals surface area contributed by atoms with Gasteiger partial charge >= 0.3 is 0 Å². The van der Waals surface area contributed by atoms with Crippen molar-refractivity contribution in [1.29, 1.82) is 0 Å². The number of carbonyl (C=O) groups excluding carboxylic acids is 2. The van der Waals surface area contributed by atoms with Gasteiger partial charge < -0.3 is 14.3 Å². The Morgan fingerprint density at radius 1 is 1.19 bits per heavy atom. The van der Waals surface area contributed by atoms with Crippen LogP contribution in [-0.4, -0.2) is 46.4 Å². The van der Waals surface area contributed by atoms with Crippen LogP contribution in [0.1, 0.15) is 35.3 Å². The number of amides is 2. The van der Waals surface area contributed by atoms with Crippen LogP contribution in [-0.2, 0) is 11.3 Å². The molecule has 6 nitrogen and oxygen atoms in total. The third-order valence-corrected chi connectivity index (χ3v) is 5.47. The van der Waals surface area contributed by atoms with Crippen molar-refractivity contribution in [2.24, 2.45) is 5.41 Å². The zero-order valence-corrected chi connectivity index (χ0v) is 14.7. The molecule has 3 heterocycles. The summed E-state index contributed by atoms with van der Waals surface area (Å²) in [5, 5.41) is 3.68. The molecule has 2 aromatic rings. The minimum atomic E-state index is -0.647. The van der Waals surface area contributed by atoms with Gasteiger partial charge in [0.05, 0.1) is 0 Å². The highest BCUT2D eigenvalue weighted by Crippen LogP contribution is 2.41. The summed E-state index contributed by atoms with van der Waals surface area (Å²) in [4.78, 5) is 28.2. The van der Waals surface area contributed by atoms with Crippen molar-refractivity contribution in [3.63, 3.8) is 0 Å². The number of likely N-dealkylation sites (tertiary alicyclic amines) is 2. The van der Waals surface area contributed by atoms with E-state index in [4.69, 9.17) is 4.52 Å². The van der Waals surface area contributed by atoms with Gasteiger partial charge in [-0.05, 0) is 30.5 Å². The Morgan fingerprint density at radius 2 is 1.89 bits per heavy atom. The lowest BCUT2D eigenvalue weighted by molar-refractivity contribution is -0.128. The minimum absolute atomic E-state index is 0.0176. The standard InChI is InChI=1S/C19H19F2N3O3/c20-14-7-13(8-15(21)9-14)11-24-12-19(10-17(24)25)2-4-23(5-3-19)18(26)16-1-6-27-22-16/h1,6-9H,2-5,10-12H2. The van der Waals surface area contributed by atoms with Crippen LogP contribution >= 0.6 is 0 Å². The Hall–Kier alpha value is -2.77. The molecular formula is C19H19F2N3O3. The van der Waals surface area contributed by atoms with Crippen LogP contribution in [0.5, 0.6) is 0 Å². The van der Waals surface area contributed by atoms with Crippen LogP contribution in [0.3, 0.4) is 0 Å². The molecule has 142 valence electrons. The fraction of sp³-hybridized carbons (Fsp3) is 0.421. The first kappa shape index (κ1) is 17.6. The van der Waals surface area contributed by atoms with E-state index >= 15 is 0 Å². The summed E-state index contributed by atoms with van der Waals surface area (Å²) in [5.41, 5.74) is 0.531. The average Bonchev–Trinajstić information content (AvgIpc) is 3.23. The van der Waals surface area contributed by atoms with E-state index in [-0.39, 0.29) is 29.5 Å². The molecule has 2 aliphatic rings. The molecule has 1 aromatic heterocycles. The molecule has 0 atom stereocenters. The SMILES string of the molecule is O=C1CC2(CCN(C(=O)c3ccon3)CC2)CN1Cc1cc(F)cc(F)c1. The number of hydrogen-bond acceptors (Lipinski definition) is 4. The van der Waals surface area contributed by atoms with Crippen LogP contribution < -0.4 is 0 Å². The van der Waals surface area contributed by atoms with Gasteiger partial charge in [0, 0.05) is 50.1 Å². The summed E-state index contributed by atoms with van der Waals surface area (Å²) in [5.74, 6) is -1.48. The highest BCUT2D eigenvalue weighted by Gasteiger charge is 2.45. The lowest BCUT2D eigenvalue weighted by atomic mass is 9.77. The predicted molar refractivity (Wildman–Crippen MR) is 90.5 cm³/mol. The second kappa shape index (κ2) is 6.75. The highest BCUT2D eigenvalue weighted by atomic mass is 19.1. The largest absolute Gasteiger partial charge is 0.364 e. The van der Waals surface area contributed by atoms with Crippen LogP contribution in [0.2, 0.25) is 0 Å². The summed E-state index contributed by atoms with van der Waals surface area (Å²) >= 11 is 0. The van der Waals surface area contributed by atoms with E-state index < -0.39 is 11.6 Å². The van der Waals surface area contributed by atoms with E-state index in [1.54, 1.807) is 9.80 Å². The van der Waals surface area contributed by atoms with Crippen LogP contribution in [0.4, 0.5) is 8.78 Å². The lowest BCUT2D eigenvalue weighted by Crippen LogP contribution is -2.44. The van der Waals surface area contributed by atoms with Gasteiger partial charge in [-0.2, -0.15) is 0 Å². The smallest absolute Gasteiger partial charge is 0.276 e. The summed E-state index contributed by atoms with van der Waals surface area (Å²) in [7, 11) is 0. The van der Waals surface area contributed by atoms with Crippen molar-refractivity contribution in [1.82, 2.24) is 15.0 Å². The van der Waals surface area contributed by atoms with E-state index in [2.05, 4.69) is 5.16 Å². The maximum absolute atomic E-state index is 13.4. The first-order chi connectivity index (χ1) is 12.9. The number of benzene rings is 1. The van der Waals surface area contributed by atoms with Crippen molar-refractivity contribution < 1.29 is 22.9 Å². The number of halogens is 2.